The highest BCUT2D eigenvalue weighted by Gasteiger charge is 2.36. The van der Waals surface area contributed by atoms with E-state index in [4.69, 9.17) is 5.10 Å². The number of nitrogens with one attached hydrogen (secondary N) is 1. The lowest BCUT2D eigenvalue weighted by atomic mass is 9.74. The van der Waals surface area contributed by atoms with Crippen molar-refractivity contribution < 1.29 is 4.79 Å². The molecule has 0 radical (unpaired) electrons. The van der Waals surface area contributed by atoms with E-state index in [-0.39, 0.29) is 17.4 Å². The van der Waals surface area contributed by atoms with Crippen LogP contribution >= 0.6 is 23.1 Å². The van der Waals surface area contributed by atoms with Gasteiger partial charge in [-0.15, -0.1) is 10.2 Å². The molecule has 1 amide bonds. The first-order valence-corrected chi connectivity index (χ1v) is 11.5. The fourth-order valence-electron chi connectivity index (χ4n) is 3.88. The minimum Gasteiger partial charge on any atom is -0.348 e. The van der Waals surface area contributed by atoms with Crippen molar-refractivity contribution >= 4 is 29.0 Å². The Hall–Kier alpha value is -2.19. The standard InChI is InChI=1S/C21H25N5OS2/c1-13-7-5-6-8-17(13)26-18-10-21(3,4)9-16(15(18)11-22-26)23-19(27)12-28-20-25-24-14(2)29-20/h5-8,11,16H,9-10,12H2,1-4H3,(H,23,27). The molecule has 1 unspecified atom stereocenters. The Morgan fingerprint density at radius 2 is 2.10 bits per heavy atom. The summed E-state index contributed by atoms with van der Waals surface area (Å²) in [5, 5.41) is 16.9. The predicted octanol–water partition coefficient (Wildman–Crippen LogP) is 4.26. The largest absolute Gasteiger partial charge is 0.348 e. The number of aryl methyl sites for hydroxylation is 2. The predicted molar refractivity (Wildman–Crippen MR) is 117 cm³/mol. The van der Waals surface area contributed by atoms with E-state index in [1.165, 1.54) is 34.4 Å². The maximum absolute atomic E-state index is 12.6. The summed E-state index contributed by atoms with van der Waals surface area (Å²) in [6, 6.07) is 8.24. The number of hydrogen-bond donors (Lipinski definition) is 1. The minimum atomic E-state index is -0.0317. The molecule has 29 heavy (non-hydrogen) atoms. The van der Waals surface area contributed by atoms with Gasteiger partial charge in [0.05, 0.1) is 29.4 Å². The molecule has 0 saturated heterocycles. The second-order valence-corrected chi connectivity index (χ2v) is 10.7. The molecule has 0 fully saturated rings. The van der Waals surface area contributed by atoms with Crippen molar-refractivity contribution in [1.29, 1.82) is 0 Å². The van der Waals surface area contributed by atoms with Crippen LogP contribution in [0.2, 0.25) is 0 Å². The summed E-state index contributed by atoms with van der Waals surface area (Å²) in [4.78, 5) is 12.6. The van der Waals surface area contributed by atoms with E-state index in [2.05, 4.69) is 48.4 Å². The lowest BCUT2D eigenvalue weighted by molar-refractivity contribution is -0.119. The third-order valence-electron chi connectivity index (χ3n) is 5.19. The van der Waals surface area contributed by atoms with Crippen molar-refractivity contribution in [2.45, 2.75) is 50.9 Å². The van der Waals surface area contributed by atoms with Crippen molar-refractivity contribution in [3.05, 3.63) is 52.3 Å². The Morgan fingerprint density at radius 1 is 1.31 bits per heavy atom. The second kappa shape index (κ2) is 7.91. The molecule has 1 atom stereocenters. The molecule has 3 aromatic rings. The van der Waals surface area contributed by atoms with Gasteiger partial charge in [0.1, 0.15) is 5.01 Å². The molecule has 0 spiro atoms. The van der Waals surface area contributed by atoms with Gasteiger partial charge in [-0.25, -0.2) is 4.68 Å². The van der Waals surface area contributed by atoms with Crippen LogP contribution in [0.3, 0.4) is 0 Å². The van der Waals surface area contributed by atoms with Crippen LogP contribution in [0.25, 0.3) is 5.69 Å². The van der Waals surface area contributed by atoms with Crippen LogP contribution in [0, 0.1) is 19.3 Å². The van der Waals surface area contributed by atoms with Crippen LogP contribution in [0.15, 0.2) is 34.8 Å². The summed E-state index contributed by atoms with van der Waals surface area (Å²) in [5.41, 5.74) is 4.67. The minimum absolute atomic E-state index is 0.0140. The van der Waals surface area contributed by atoms with E-state index in [1.54, 1.807) is 0 Å². The van der Waals surface area contributed by atoms with E-state index < -0.39 is 0 Å². The number of carbonyl (C=O) groups is 1. The Morgan fingerprint density at radius 3 is 2.83 bits per heavy atom. The molecule has 1 aromatic carbocycles. The number of benzene rings is 1. The van der Waals surface area contributed by atoms with Crippen LogP contribution in [-0.4, -0.2) is 31.6 Å². The van der Waals surface area contributed by atoms with Crippen LogP contribution in [0.4, 0.5) is 0 Å². The van der Waals surface area contributed by atoms with E-state index in [1.807, 2.05) is 29.9 Å². The van der Waals surface area contributed by atoms with Gasteiger partial charge >= 0.3 is 0 Å². The zero-order valence-corrected chi connectivity index (χ0v) is 18.7. The SMILES string of the molecule is Cc1nnc(SCC(=O)NC2CC(C)(C)Cc3c2cnn3-c2ccccc2C)s1. The molecule has 0 aliphatic heterocycles. The molecule has 152 valence electrons. The molecule has 0 saturated carbocycles. The summed E-state index contributed by atoms with van der Waals surface area (Å²) in [6.45, 7) is 8.52. The van der Waals surface area contributed by atoms with E-state index in [0.717, 1.165) is 33.4 Å². The van der Waals surface area contributed by atoms with Gasteiger partial charge in [0, 0.05) is 5.56 Å². The molecular weight excluding hydrogens is 402 g/mol. The number of nitrogens with zero attached hydrogens (tertiary/aromatic N) is 4. The fourth-order valence-corrected chi connectivity index (χ4v) is 5.51. The first kappa shape index (κ1) is 20.1. The zero-order valence-electron chi connectivity index (χ0n) is 17.1. The summed E-state index contributed by atoms with van der Waals surface area (Å²) >= 11 is 2.95. The summed E-state index contributed by atoms with van der Waals surface area (Å²) in [7, 11) is 0. The number of fused-ring (bicyclic) bond motifs is 1. The Labute approximate surface area is 179 Å². The second-order valence-electron chi connectivity index (χ2n) is 8.29. The molecular formula is C21H25N5OS2. The number of thioether (sulfide) groups is 1. The van der Waals surface area contributed by atoms with Crippen molar-refractivity contribution in [3.8, 4) is 5.69 Å². The highest BCUT2D eigenvalue weighted by Crippen LogP contribution is 2.41. The molecule has 4 rings (SSSR count). The van der Waals surface area contributed by atoms with Gasteiger partial charge in [0.2, 0.25) is 5.91 Å². The zero-order chi connectivity index (χ0) is 20.6. The Bertz CT molecular complexity index is 1040. The molecule has 1 aliphatic rings. The third-order valence-corrected chi connectivity index (χ3v) is 7.16. The molecule has 8 heteroatoms. The summed E-state index contributed by atoms with van der Waals surface area (Å²) < 4.78 is 2.87. The average molecular weight is 428 g/mol. The maximum Gasteiger partial charge on any atom is 0.230 e. The lowest BCUT2D eigenvalue weighted by Gasteiger charge is -2.36. The molecule has 0 bridgehead atoms. The topological polar surface area (TPSA) is 72.7 Å². The van der Waals surface area contributed by atoms with Gasteiger partial charge in [0.15, 0.2) is 4.34 Å². The van der Waals surface area contributed by atoms with Crippen LogP contribution in [0.1, 0.15) is 48.1 Å². The first-order chi connectivity index (χ1) is 13.8. The maximum atomic E-state index is 12.6. The third kappa shape index (κ3) is 4.38. The van der Waals surface area contributed by atoms with E-state index >= 15 is 0 Å². The average Bonchev–Trinajstić information content (AvgIpc) is 3.26. The molecule has 6 nitrogen and oxygen atoms in total. The van der Waals surface area contributed by atoms with Crippen molar-refractivity contribution in [3.63, 3.8) is 0 Å². The smallest absolute Gasteiger partial charge is 0.230 e. The van der Waals surface area contributed by atoms with Crippen molar-refractivity contribution in [2.75, 3.05) is 5.75 Å². The van der Waals surface area contributed by atoms with Crippen molar-refractivity contribution in [1.82, 2.24) is 25.3 Å². The summed E-state index contributed by atoms with van der Waals surface area (Å²) in [6.07, 6.45) is 3.75. The number of carbonyl (C=O) groups excluding carboxylic acids is 1. The molecule has 2 heterocycles. The van der Waals surface area contributed by atoms with Gasteiger partial charge in [-0.3, -0.25) is 4.79 Å². The van der Waals surface area contributed by atoms with Crippen molar-refractivity contribution in [2.24, 2.45) is 5.41 Å². The number of amides is 1. The highest BCUT2D eigenvalue weighted by atomic mass is 32.2. The monoisotopic (exact) mass is 427 g/mol. The van der Waals surface area contributed by atoms with Crippen LogP contribution in [0.5, 0.6) is 0 Å². The van der Waals surface area contributed by atoms with Gasteiger partial charge < -0.3 is 5.32 Å². The Kier molecular flexibility index (Phi) is 5.48. The van der Waals surface area contributed by atoms with Gasteiger partial charge in [-0.1, -0.05) is 55.1 Å². The number of para-hydroxylation sites is 1. The van der Waals surface area contributed by atoms with Gasteiger partial charge in [-0.2, -0.15) is 5.10 Å². The number of rotatable bonds is 5. The Balaban J connectivity index is 1.55. The van der Waals surface area contributed by atoms with Crippen LogP contribution < -0.4 is 5.32 Å². The lowest BCUT2D eigenvalue weighted by Crippen LogP contribution is -2.37. The first-order valence-electron chi connectivity index (χ1n) is 9.67. The van der Waals surface area contributed by atoms with E-state index in [0.29, 0.717) is 5.75 Å². The van der Waals surface area contributed by atoms with Crippen LogP contribution in [-0.2, 0) is 11.2 Å². The quantitative estimate of drug-likeness (QED) is 0.616. The molecule has 1 aliphatic carbocycles. The molecule has 1 N–H and O–H groups in total. The fraction of sp³-hybridized carbons (Fsp3) is 0.429. The summed E-state index contributed by atoms with van der Waals surface area (Å²) in [5.74, 6) is 0.354. The van der Waals surface area contributed by atoms with E-state index in [9.17, 15) is 4.79 Å². The van der Waals surface area contributed by atoms with Gasteiger partial charge in [-0.05, 0) is 43.7 Å². The normalized spacial score (nSPS) is 17.7. The van der Waals surface area contributed by atoms with Gasteiger partial charge in [0.25, 0.3) is 0 Å². The highest BCUT2D eigenvalue weighted by molar-refractivity contribution is 8.01. The molecule has 2 aromatic heterocycles. The number of aromatic nitrogens is 4. The number of hydrogen-bond acceptors (Lipinski definition) is 6.